The Labute approximate surface area is 233 Å². The van der Waals surface area contributed by atoms with E-state index in [-0.39, 0.29) is 24.8 Å². The van der Waals surface area contributed by atoms with E-state index in [0.717, 1.165) is 5.82 Å². The third kappa shape index (κ3) is 5.74. The minimum absolute atomic E-state index is 0.0764. The third-order valence-electron chi connectivity index (χ3n) is 7.88. The van der Waals surface area contributed by atoms with Gasteiger partial charge in [-0.05, 0) is 57.4 Å². The van der Waals surface area contributed by atoms with Gasteiger partial charge in [0.1, 0.15) is 11.6 Å². The molecule has 2 saturated heterocycles. The number of rotatable bonds is 8. The van der Waals surface area contributed by atoms with Gasteiger partial charge in [-0.3, -0.25) is 9.69 Å². The summed E-state index contributed by atoms with van der Waals surface area (Å²) in [4.78, 5) is 15.0. The van der Waals surface area contributed by atoms with Crippen LogP contribution >= 0.6 is 0 Å². The van der Waals surface area contributed by atoms with Crippen LogP contribution in [0.25, 0.3) is 0 Å². The van der Waals surface area contributed by atoms with Crippen molar-refractivity contribution >= 4 is 5.91 Å². The van der Waals surface area contributed by atoms with Crippen LogP contribution in [0.4, 0.5) is 8.78 Å². The van der Waals surface area contributed by atoms with Crippen molar-refractivity contribution in [3.8, 4) is 0 Å². The maximum absolute atomic E-state index is 13.9. The SMILES string of the molecule is [2H]c1c([2H])c([2H])c([C@@]([2H])(NC(=O)C2CCC(F)(F)CC2)C([2H])([2H])C([2H])([2H])N2C3CCC2CC(n2c(C)nnc2C(C)C)C3)c([2H])c1[2H]. The van der Waals surface area contributed by atoms with E-state index < -0.39 is 97.3 Å². The van der Waals surface area contributed by atoms with E-state index in [1.807, 2.05) is 25.3 Å². The molecule has 3 atom stereocenters. The van der Waals surface area contributed by atoms with Gasteiger partial charge in [-0.2, -0.15) is 0 Å². The molecule has 2 aromatic rings. The maximum atomic E-state index is 13.9. The smallest absolute Gasteiger partial charge is 0.248 e. The highest BCUT2D eigenvalue weighted by molar-refractivity contribution is 5.79. The van der Waals surface area contributed by atoms with Gasteiger partial charge in [-0.1, -0.05) is 44.1 Å². The van der Waals surface area contributed by atoms with Gasteiger partial charge in [0, 0.05) is 54.8 Å². The van der Waals surface area contributed by atoms with Gasteiger partial charge in [-0.25, -0.2) is 8.78 Å². The second kappa shape index (κ2) is 10.8. The number of fused-ring (bicyclic) bond motifs is 2. The van der Waals surface area contributed by atoms with Gasteiger partial charge in [0.05, 0.1) is 14.2 Å². The predicted octanol–water partition coefficient (Wildman–Crippen LogP) is 5.95. The summed E-state index contributed by atoms with van der Waals surface area (Å²) >= 11 is 0. The van der Waals surface area contributed by atoms with Gasteiger partial charge in [-0.15, -0.1) is 10.2 Å². The van der Waals surface area contributed by atoms with Crippen molar-refractivity contribution in [1.82, 2.24) is 25.0 Å². The van der Waals surface area contributed by atoms with E-state index in [0.29, 0.717) is 31.5 Å². The van der Waals surface area contributed by atoms with Gasteiger partial charge in [0.15, 0.2) is 0 Å². The lowest BCUT2D eigenvalue weighted by atomic mass is 9.86. The Morgan fingerprint density at radius 2 is 1.78 bits per heavy atom. The first-order valence-electron chi connectivity index (χ1n) is 18.1. The molecule has 1 aliphatic carbocycles. The summed E-state index contributed by atoms with van der Waals surface area (Å²) in [7, 11) is 0. The number of aromatic nitrogens is 3. The minimum atomic E-state index is -3.43. The lowest BCUT2D eigenvalue weighted by Crippen LogP contribution is -2.45. The molecular weight excluding hydrogens is 472 g/mol. The second-order valence-electron chi connectivity index (χ2n) is 10.8. The van der Waals surface area contributed by atoms with Crippen LogP contribution in [-0.4, -0.2) is 50.1 Å². The zero-order valence-corrected chi connectivity index (χ0v) is 21.5. The Hall–Kier alpha value is -2.35. The molecule has 0 radical (unpaired) electrons. The fraction of sp³-hybridized carbons (Fsp3) is 0.690. The van der Waals surface area contributed by atoms with Crippen molar-refractivity contribution in [1.29, 1.82) is 0 Å². The molecular formula is C29H41F2N5O. The monoisotopic (exact) mass is 523 g/mol. The number of carbonyl (C=O) groups is 1. The van der Waals surface area contributed by atoms with Crippen molar-refractivity contribution in [3.63, 3.8) is 0 Å². The number of amides is 1. The third-order valence-corrected chi connectivity index (χ3v) is 7.88. The van der Waals surface area contributed by atoms with E-state index in [1.165, 1.54) is 4.90 Å². The summed E-state index contributed by atoms with van der Waals surface area (Å²) in [6, 6.07) is -8.84. The Morgan fingerprint density at radius 1 is 1.14 bits per heavy atom. The molecule has 3 heterocycles. The largest absolute Gasteiger partial charge is 0.349 e. The van der Waals surface area contributed by atoms with Crippen LogP contribution in [0.3, 0.4) is 0 Å². The molecule has 3 fully saturated rings. The Kier molecular flexibility index (Phi) is 4.84. The molecule has 2 unspecified atom stereocenters. The predicted molar refractivity (Wildman–Crippen MR) is 139 cm³/mol. The maximum Gasteiger partial charge on any atom is 0.248 e. The molecule has 2 bridgehead atoms. The number of benzene rings is 1. The summed E-state index contributed by atoms with van der Waals surface area (Å²) in [6.07, 6.45) is -3.30. The molecule has 2 aliphatic heterocycles. The zero-order chi connectivity index (χ0) is 35.0. The summed E-state index contributed by atoms with van der Waals surface area (Å²) in [5, 5.41) is 10.8. The number of carbonyl (C=O) groups excluding carboxylic acids is 1. The fourth-order valence-corrected chi connectivity index (χ4v) is 5.95. The molecule has 202 valence electrons. The molecule has 1 saturated carbocycles. The van der Waals surface area contributed by atoms with Crippen molar-refractivity contribution < 1.29 is 27.3 Å². The first kappa shape index (κ1) is 16.6. The van der Waals surface area contributed by atoms with Crippen molar-refractivity contribution in [2.75, 3.05) is 6.50 Å². The zero-order valence-electron chi connectivity index (χ0n) is 31.5. The highest BCUT2D eigenvalue weighted by Gasteiger charge is 2.42. The Morgan fingerprint density at radius 3 is 2.41 bits per heavy atom. The molecule has 37 heavy (non-hydrogen) atoms. The molecule has 5 rings (SSSR count). The number of hydrogen-bond acceptors (Lipinski definition) is 4. The lowest BCUT2D eigenvalue weighted by molar-refractivity contribution is -0.130. The number of nitrogens with zero attached hydrogens (tertiary/aromatic N) is 4. The molecule has 8 heteroatoms. The van der Waals surface area contributed by atoms with Gasteiger partial charge in [0.25, 0.3) is 0 Å². The van der Waals surface area contributed by atoms with Crippen LogP contribution in [0.1, 0.15) is 120 Å². The summed E-state index contributed by atoms with van der Waals surface area (Å²) < 4.78 is 118. The lowest BCUT2D eigenvalue weighted by Gasteiger charge is -2.40. The topological polar surface area (TPSA) is 63.1 Å². The number of halogens is 2. The average Bonchev–Trinajstić information content (AvgIpc) is 3.51. The molecule has 1 amide bonds. The molecule has 6 nitrogen and oxygen atoms in total. The van der Waals surface area contributed by atoms with Crippen LogP contribution in [-0.2, 0) is 4.79 Å². The fourth-order valence-electron chi connectivity index (χ4n) is 5.95. The number of hydrogen-bond donors (Lipinski definition) is 1. The normalized spacial score (nSPS) is 32.4. The number of nitrogens with one attached hydrogen (secondary N) is 1. The highest BCUT2D eigenvalue weighted by Crippen LogP contribution is 2.42. The highest BCUT2D eigenvalue weighted by atomic mass is 19.3. The van der Waals surface area contributed by atoms with E-state index in [4.69, 9.17) is 6.85 Å². The van der Waals surface area contributed by atoms with Crippen LogP contribution in [0, 0.1) is 12.8 Å². The van der Waals surface area contributed by atoms with Gasteiger partial charge >= 0.3 is 0 Å². The van der Waals surface area contributed by atoms with Crippen molar-refractivity contribution in [3.05, 3.63) is 47.4 Å². The van der Waals surface area contributed by atoms with E-state index in [9.17, 15) is 20.4 Å². The van der Waals surface area contributed by atoms with E-state index in [1.54, 1.807) is 0 Å². The van der Waals surface area contributed by atoms with Crippen LogP contribution in [0.2, 0.25) is 0 Å². The summed E-state index contributed by atoms with van der Waals surface area (Å²) in [5.41, 5.74) is -0.934. The van der Waals surface area contributed by atoms with Gasteiger partial charge < -0.3 is 9.88 Å². The first-order valence-corrected chi connectivity index (χ1v) is 13.1. The second-order valence-corrected chi connectivity index (χ2v) is 10.8. The first-order chi connectivity index (χ1) is 21.7. The Balaban J connectivity index is 1.56. The van der Waals surface area contributed by atoms with Crippen molar-refractivity contribution in [2.24, 2.45) is 5.92 Å². The number of piperidine rings is 1. The molecule has 3 aliphatic rings. The molecule has 1 N–H and O–H groups in total. The van der Waals surface area contributed by atoms with Crippen LogP contribution < -0.4 is 5.32 Å². The molecule has 1 aromatic heterocycles. The number of aryl methyl sites for hydroxylation is 1. The summed E-state index contributed by atoms with van der Waals surface area (Å²) in [5.74, 6) is -3.51. The Bertz CT molecular complexity index is 1500. The quantitative estimate of drug-likeness (QED) is 0.464. The standard InChI is InChI=1S/C29H41F2N5O/c1-19(2)27-34-33-20(3)36(27)25-17-23-9-10-24(18-25)35(23)16-13-26(21-7-5-4-6-8-21)32-28(37)22-11-14-29(30,31)15-12-22/h4-8,19,22-26H,9-18H2,1-3H3,(H,32,37)/t23?,24?,25?,26-/m0/s1/i4D,5D,6D,7D,8D,13D2,16D2,26D. The molecule has 0 spiro atoms. The number of alkyl halides is 2. The minimum Gasteiger partial charge on any atom is -0.349 e. The van der Waals surface area contributed by atoms with Crippen molar-refractivity contribution in [2.45, 2.75) is 114 Å². The average molecular weight is 524 g/mol. The van der Waals surface area contributed by atoms with Crippen LogP contribution in [0.5, 0.6) is 0 Å². The van der Waals surface area contributed by atoms with Gasteiger partial charge in [0.2, 0.25) is 11.8 Å². The van der Waals surface area contributed by atoms with E-state index in [2.05, 4.69) is 15.5 Å². The van der Waals surface area contributed by atoms with Crippen LogP contribution in [0.15, 0.2) is 30.2 Å². The van der Waals surface area contributed by atoms with E-state index >= 15 is 0 Å². The molecule has 1 aromatic carbocycles. The summed E-state index contributed by atoms with van der Waals surface area (Å²) in [6.45, 7) is 2.83.